The lowest BCUT2D eigenvalue weighted by Crippen LogP contribution is -2.69. The van der Waals surface area contributed by atoms with Crippen LogP contribution in [0.2, 0.25) is 0 Å². The maximum Gasteiger partial charge on any atom is 0.314 e. The van der Waals surface area contributed by atoms with Gasteiger partial charge in [-0.1, -0.05) is 55.5 Å². The van der Waals surface area contributed by atoms with Crippen molar-refractivity contribution in [2.45, 2.75) is 44.9 Å². The molecule has 2 fully saturated rings. The third-order valence-electron chi connectivity index (χ3n) is 8.94. The summed E-state index contributed by atoms with van der Waals surface area (Å²) in [5.74, 6) is -0.107. The third-order valence-corrected chi connectivity index (χ3v) is 8.94. The highest BCUT2D eigenvalue weighted by Gasteiger charge is 2.56. The van der Waals surface area contributed by atoms with Crippen molar-refractivity contribution >= 4 is 34.5 Å². The van der Waals surface area contributed by atoms with Gasteiger partial charge in [-0.15, -0.1) is 0 Å². The first-order valence-corrected chi connectivity index (χ1v) is 14.4. The molecule has 0 aliphatic carbocycles. The first-order valence-electron chi connectivity index (χ1n) is 14.4. The van der Waals surface area contributed by atoms with Gasteiger partial charge in [0.15, 0.2) is 12.5 Å². The molecular weight excluding hydrogens is 544 g/mol. The number of aromatic nitrogens is 3. The Bertz CT molecular complexity index is 1750. The standard InChI is InChI=1S/C33H32N6O4/c1-22-18-39(28(40)11-14-34)33(22)13-16-37(19-33)30-27-12-15-38(31(27)36-20-35-30)21-43-32(42)23(2)25-9-6-10-26(17-25)29(41)24-7-4-3-5-8-24/h3-10,12,15,17,20,22-23H,11,13,16,18-19,21H2,1-2H3/t22-,23?,33-/m0/s1. The number of rotatable bonds is 8. The van der Waals surface area contributed by atoms with Crippen LogP contribution < -0.4 is 4.90 Å². The van der Waals surface area contributed by atoms with Gasteiger partial charge < -0.3 is 14.5 Å². The van der Waals surface area contributed by atoms with Gasteiger partial charge in [0.1, 0.15) is 24.2 Å². The van der Waals surface area contributed by atoms with Crippen LogP contribution >= 0.6 is 0 Å². The quantitative estimate of drug-likeness (QED) is 0.225. The van der Waals surface area contributed by atoms with E-state index in [1.165, 1.54) is 6.33 Å². The fourth-order valence-electron chi connectivity index (χ4n) is 6.36. The van der Waals surface area contributed by atoms with Crippen LogP contribution in [0.5, 0.6) is 0 Å². The minimum atomic E-state index is -0.576. The van der Waals surface area contributed by atoms with Crippen molar-refractivity contribution < 1.29 is 19.1 Å². The summed E-state index contributed by atoms with van der Waals surface area (Å²) < 4.78 is 7.46. The molecule has 10 heteroatoms. The summed E-state index contributed by atoms with van der Waals surface area (Å²) in [4.78, 5) is 51.6. The van der Waals surface area contributed by atoms with Crippen LogP contribution in [0.1, 0.15) is 54.1 Å². The normalized spacial score (nSPS) is 20.1. The summed E-state index contributed by atoms with van der Waals surface area (Å²) in [5, 5.41) is 9.85. The van der Waals surface area contributed by atoms with Gasteiger partial charge in [0, 0.05) is 37.0 Å². The van der Waals surface area contributed by atoms with Crippen LogP contribution in [0, 0.1) is 17.2 Å². The second-order valence-corrected chi connectivity index (χ2v) is 11.4. The van der Waals surface area contributed by atoms with Gasteiger partial charge in [-0.2, -0.15) is 5.26 Å². The number of anilines is 1. The van der Waals surface area contributed by atoms with Gasteiger partial charge in [-0.05, 0) is 37.0 Å². The van der Waals surface area contributed by atoms with Gasteiger partial charge in [0.05, 0.1) is 22.9 Å². The Kier molecular flexibility index (Phi) is 7.40. The first kappa shape index (κ1) is 28.1. The highest BCUT2D eigenvalue weighted by molar-refractivity contribution is 6.09. The molecule has 1 amide bonds. The Morgan fingerprint density at radius 3 is 2.65 bits per heavy atom. The van der Waals surface area contributed by atoms with Crippen LogP contribution in [0.4, 0.5) is 5.82 Å². The lowest BCUT2D eigenvalue weighted by atomic mass is 9.74. The predicted octanol–water partition coefficient (Wildman–Crippen LogP) is 4.31. The molecule has 2 aliphatic heterocycles. The monoisotopic (exact) mass is 576 g/mol. The maximum atomic E-state index is 13.1. The molecule has 4 aromatic rings. The number of ether oxygens (including phenoxy) is 1. The molecule has 1 unspecified atom stereocenters. The smallest absolute Gasteiger partial charge is 0.314 e. The summed E-state index contributed by atoms with van der Waals surface area (Å²) in [6.07, 6.45) is 4.02. The molecule has 1 spiro atoms. The number of amides is 1. The van der Waals surface area contributed by atoms with E-state index in [9.17, 15) is 14.4 Å². The molecule has 6 rings (SSSR count). The van der Waals surface area contributed by atoms with E-state index in [1.807, 2.05) is 47.5 Å². The first-order chi connectivity index (χ1) is 20.8. The number of hydrogen-bond acceptors (Lipinski definition) is 8. The molecule has 0 radical (unpaired) electrons. The highest BCUT2D eigenvalue weighted by Crippen LogP contribution is 2.45. The molecule has 0 N–H and O–H groups in total. The molecule has 43 heavy (non-hydrogen) atoms. The number of fused-ring (bicyclic) bond motifs is 1. The van der Waals surface area contributed by atoms with Gasteiger partial charge in [-0.3, -0.25) is 19.0 Å². The largest absolute Gasteiger partial charge is 0.443 e. The van der Waals surface area contributed by atoms with Gasteiger partial charge in [0.2, 0.25) is 5.91 Å². The van der Waals surface area contributed by atoms with E-state index in [1.54, 1.807) is 41.8 Å². The van der Waals surface area contributed by atoms with Crippen LogP contribution in [-0.4, -0.2) is 62.3 Å². The third kappa shape index (κ3) is 5.01. The molecule has 2 saturated heterocycles. The van der Waals surface area contributed by atoms with E-state index < -0.39 is 11.9 Å². The molecule has 2 aliphatic rings. The van der Waals surface area contributed by atoms with Gasteiger partial charge in [0.25, 0.3) is 0 Å². The number of carbonyl (C=O) groups excluding carboxylic acids is 3. The molecule has 4 heterocycles. The van der Waals surface area contributed by atoms with Crippen molar-refractivity contribution in [3.63, 3.8) is 0 Å². The summed E-state index contributed by atoms with van der Waals surface area (Å²) in [6.45, 7) is 5.93. The van der Waals surface area contributed by atoms with Crippen LogP contribution in [0.25, 0.3) is 11.0 Å². The Labute approximate surface area is 249 Å². The number of hydrogen-bond donors (Lipinski definition) is 0. The van der Waals surface area contributed by atoms with E-state index in [0.717, 1.165) is 24.2 Å². The number of ketones is 1. The van der Waals surface area contributed by atoms with E-state index in [-0.39, 0.29) is 30.4 Å². The number of benzene rings is 2. The lowest BCUT2D eigenvalue weighted by Gasteiger charge is -2.55. The van der Waals surface area contributed by atoms with Crippen LogP contribution in [-0.2, 0) is 21.1 Å². The topological polar surface area (TPSA) is 121 Å². The number of likely N-dealkylation sites (tertiary alicyclic amines) is 1. The lowest BCUT2D eigenvalue weighted by molar-refractivity contribution is -0.152. The fraction of sp³-hybridized carbons (Fsp3) is 0.333. The van der Waals surface area contributed by atoms with Gasteiger partial charge in [-0.25, -0.2) is 9.97 Å². The number of nitriles is 1. The zero-order valence-corrected chi connectivity index (χ0v) is 24.1. The zero-order valence-electron chi connectivity index (χ0n) is 24.1. The van der Waals surface area contributed by atoms with E-state index >= 15 is 0 Å². The van der Waals surface area contributed by atoms with Crippen molar-refractivity contribution in [2.75, 3.05) is 24.5 Å². The van der Waals surface area contributed by atoms with Gasteiger partial charge >= 0.3 is 5.97 Å². The second kappa shape index (κ2) is 11.3. The zero-order chi connectivity index (χ0) is 30.1. The van der Waals surface area contributed by atoms with Crippen LogP contribution in [0.3, 0.4) is 0 Å². The van der Waals surface area contributed by atoms with Crippen molar-refractivity contribution in [1.29, 1.82) is 5.26 Å². The maximum absolute atomic E-state index is 13.1. The minimum absolute atomic E-state index is 0.0246. The predicted molar refractivity (Wildman–Crippen MR) is 159 cm³/mol. The van der Waals surface area contributed by atoms with Crippen LogP contribution in [0.15, 0.2) is 73.2 Å². The van der Waals surface area contributed by atoms with Crippen molar-refractivity contribution in [2.24, 2.45) is 5.92 Å². The highest BCUT2D eigenvalue weighted by atomic mass is 16.5. The average Bonchev–Trinajstić information content (AvgIpc) is 3.69. The summed E-state index contributed by atoms with van der Waals surface area (Å²) in [5.41, 5.74) is 2.15. The molecule has 10 nitrogen and oxygen atoms in total. The minimum Gasteiger partial charge on any atom is -0.443 e. The summed E-state index contributed by atoms with van der Waals surface area (Å²) in [7, 11) is 0. The molecule has 2 aromatic heterocycles. The van der Waals surface area contributed by atoms with E-state index in [4.69, 9.17) is 10.00 Å². The summed E-state index contributed by atoms with van der Waals surface area (Å²) >= 11 is 0. The molecule has 0 bridgehead atoms. The molecule has 0 saturated carbocycles. The molecule has 2 aromatic carbocycles. The van der Waals surface area contributed by atoms with Crippen molar-refractivity contribution in [3.8, 4) is 6.07 Å². The van der Waals surface area contributed by atoms with E-state index in [0.29, 0.717) is 41.3 Å². The second-order valence-electron chi connectivity index (χ2n) is 11.4. The van der Waals surface area contributed by atoms with E-state index in [2.05, 4.69) is 21.8 Å². The molecule has 218 valence electrons. The Hall–Kier alpha value is -5.04. The summed E-state index contributed by atoms with van der Waals surface area (Å²) in [6, 6.07) is 20.0. The Morgan fingerprint density at radius 1 is 1.09 bits per heavy atom. The molecular formula is C33H32N6O4. The average molecular weight is 577 g/mol. The number of carbonyl (C=O) groups is 3. The van der Waals surface area contributed by atoms with Crippen molar-refractivity contribution in [1.82, 2.24) is 19.4 Å². The SMILES string of the molecule is CC(C(=O)OCn1ccc2c(N3CC[C@]4(C3)[C@@H](C)CN4C(=O)CC#N)ncnc21)c1cccc(C(=O)c2ccccc2)c1. The van der Waals surface area contributed by atoms with Crippen molar-refractivity contribution in [3.05, 3.63) is 89.9 Å². The number of esters is 1. The Balaban J connectivity index is 1.14. The fourth-order valence-corrected chi connectivity index (χ4v) is 6.36. The Morgan fingerprint density at radius 2 is 1.88 bits per heavy atom. The molecule has 3 atom stereocenters. The number of nitrogens with zero attached hydrogens (tertiary/aromatic N) is 6.